The van der Waals surface area contributed by atoms with E-state index >= 15 is 0 Å². The third kappa shape index (κ3) is 4.38. The molecule has 4 aliphatic rings. The molecule has 0 bridgehead atoms. The number of likely N-dealkylation sites (tertiary alicyclic amines) is 1. The van der Waals surface area contributed by atoms with Gasteiger partial charge < -0.3 is 19.8 Å². The molecule has 38 heavy (non-hydrogen) atoms. The van der Waals surface area contributed by atoms with Gasteiger partial charge in [-0.2, -0.15) is 0 Å². The van der Waals surface area contributed by atoms with Crippen LogP contribution in [0.25, 0.3) is 0 Å². The van der Waals surface area contributed by atoms with Crippen molar-refractivity contribution in [3.05, 3.63) is 53.6 Å². The van der Waals surface area contributed by atoms with Gasteiger partial charge >= 0.3 is 0 Å². The predicted molar refractivity (Wildman–Crippen MR) is 151 cm³/mol. The highest BCUT2D eigenvalue weighted by atomic mass is 35.5. The summed E-state index contributed by atoms with van der Waals surface area (Å²) < 4.78 is -0.899. The van der Waals surface area contributed by atoms with E-state index in [1.54, 1.807) is 33.7 Å². The minimum atomic E-state index is -0.899. The fraction of sp³-hybridized carbons (Fsp3) is 0.552. The number of rotatable bonds is 7. The lowest BCUT2D eigenvalue weighted by molar-refractivity contribution is -0.144. The average molecular weight is 558 g/mol. The lowest BCUT2D eigenvalue weighted by atomic mass is 9.78. The van der Waals surface area contributed by atoms with Gasteiger partial charge in [-0.15, -0.1) is 11.8 Å². The number of benzene rings is 1. The number of hydrogen-bond acceptors (Lipinski definition) is 5. The van der Waals surface area contributed by atoms with E-state index in [0.29, 0.717) is 36.8 Å². The van der Waals surface area contributed by atoms with E-state index in [1.807, 2.05) is 56.0 Å². The molecule has 6 atom stereocenters. The maximum Gasteiger partial charge on any atom is 0.251 e. The molecule has 3 amide bonds. The van der Waals surface area contributed by atoms with E-state index in [9.17, 15) is 19.5 Å². The summed E-state index contributed by atoms with van der Waals surface area (Å²) in [6.45, 7) is 7.40. The topological polar surface area (TPSA) is 81.2 Å². The molecular formula is C29H36ClN3O4S. The van der Waals surface area contributed by atoms with Gasteiger partial charge in [-0.25, -0.2) is 0 Å². The molecule has 1 aromatic carbocycles. The number of thioether (sulfide) groups is 1. The van der Waals surface area contributed by atoms with E-state index in [2.05, 4.69) is 6.08 Å². The molecule has 1 N–H and O–H groups in total. The quantitative estimate of drug-likeness (QED) is 0.516. The van der Waals surface area contributed by atoms with Crippen molar-refractivity contribution in [2.24, 2.45) is 17.8 Å². The van der Waals surface area contributed by atoms with Crippen molar-refractivity contribution >= 4 is 46.8 Å². The van der Waals surface area contributed by atoms with Crippen molar-refractivity contribution < 1.29 is 19.5 Å². The highest BCUT2D eigenvalue weighted by molar-refractivity contribution is 8.02. The Kier molecular flexibility index (Phi) is 7.68. The lowest BCUT2D eigenvalue weighted by Gasteiger charge is -2.39. The van der Waals surface area contributed by atoms with E-state index < -0.39 is 28.7 Å². The van der Waals surface area contributed by atoms with Gasteiger partial charge in [0.15, 0.2) is 0 Å². The summed E-state index contributed by atoms with van der Waals surface area (Å²) in [7, 11) is 0. The van der Waals surface area contributed by atoms with Crippen LogP contribution in [0.4, 0.5) is 5.69 Å². The second kappa shape index (κ2) is 10.7. The molecule has 4 heterocycles. The van der Waals surface area contributed by atoms with Crippen molar-refractivity contribution in [2.45, 2.75) is 55.7 Å². The summed E-state index contributed by atoms with van der Waals surface area (Å²) >= 11 is 7.69. The molecule has 7 nitrogen and oxygen atoms in total. The summed E-state index contributed by atoms with van der Waals surface area (Å²) in [5, 5.41) is 10.9. The van der Waals surface area contributed by atoms with Crippen LogP contribution >= 0.6 is 23.4 Å². The summed E-state index contributed by atoms with van der Waals surface area (Å²) in [5.74, 6) is -1.43. The van der Waals surface area contributed by atoms with E-state index in [0.717, 1.165) is 6.42 Å². The Balaban J connectivity index is 1.63. The van der Waals surface area contributed by atoms with Crippen molar-refractivity contribution in [1.29, 1.82) is 0 Å². The van der Waals surface area contributed by atoms with Gasteiger partial charge in [-0.05, 0) is 43.0 Å². The van der Waals surface area contributed by atoms with Crippen LogP contribution in [0.3, 0.4) is 0 Å². The molecular weight excluding hydrogens is 522 g/mol. The van der Waals surface area contributed by atoms with E-state index in [4.69, 9.17) is 11.6 Å². The zero-order valence-electron chi connectivity index (χ0n) is 22.1. The van der Waals surface area contributed by atoms with Gasteiger partial charge in [0.1, 0.15) is 6.04 Å². The molecule has 1 aromatic rings. The smallest absolute Gasteiger partial charge is 0.251 e. The predicted octanol–water partition coefficient (Wildman–Crippen LogP) is 3.76. The number of anilines is 1. The molecule has 1 spiro atoms. The van der Waals surface area contributed by atoms with Crippen LogP contribution in [0.15, 0.2) is 48.6 Å². The minimum absolute atomic E-state index is 0.0192. The Morgan fingerprint density at radius 2 is 1.82 bits per heavy atom. The SMILES string of the molecule is CCCN1CC=C[C@@H]2S[C@]34C=CCN(c5ccc(Cl)cc5)C(=O)C3N([C@@H](CO)CC(C)C)C(=O)[C@@H]4[C@@H]2C1=O. The van der Waals surface area contributed by atoms with Gasteiger partial charge in [0.05, 0.1) is 29.2 Å². The molecule has 2 fully saturated rings. The van der Waals surface area contributed by atoms with E-state index in [1.165, 1.54) is 0 Å². The Morgan fingerprint density at radius 1 is 1.08 bits per heavy atom. The zero-order chi connectivity index (χ0) is 27.2. The Labute approximate surface area is 233 Å². The van der Waals surface area contributed by atoms with Crippen molar-refractivity contribution in [3.63, 3.8) is 0 Å². The zero-order valence-corrected chi connectivity index (χ0v) is 23.7. The third-order valence-corrected chi connectivity index (χ3v) is 10.2. The van der Waals surface area contributed by atoms with Gasteiger partial charge in [-0.3, -0.25) is 14.4 Å². The van der Waals surface area contributed by atoms with Crippen molar-refractivity contribution in [3.8, 4) is 0 Å². The van der Waals surface area contributed by atoms with Crippen LogP contribution < -0.4 is 4.90 Å². The molecule has 0 aliphatic carbocycles. The van der Waals surface area contributed by atoms with Crippen LogP contribution in [0.2, 0.25) is 5.02 Å². The fourth-order valence-corrected chi connectivity index (χ4v) is 8.79. The first-order chi connectivity index (χ1) is 18.2. The largest absolute Gasteiger partial charge is 0.394 e. The Bertz CT molecular complexity index is 1150. The van der Waals surface area contributed by atoms with Gasteiger partial charge in [0.2, 0.25) is 11.8 Å². The molecule has 204 valence electrons. The first-order valence-electron chi connectivity index (χ1n) is 13.5. The number of carbonyl (C=O) groups excluding carboxylic acids is 3. The molecule has 9 heteroatoms. The maximum atomic E-state index is 14.5. The Morgan fingerprint density at radius 3 is 2.47 bits per heavy atom. The van der Waals surface area contributed by atoms with Gasteiger partial charge in [0.25, 0.3) is 5.91 Å². The lowest BCUT2D eigenvalue weighted by Crippen LogP contribution is -2.57. The number of amides is 3. The Hall–Kier alpha value is -2.29. The molecule has 1 unspecified atom stereocenters. The van der Waals surface area contributed by atoms with Gasteiger partial charge in [-0.1, -0.05) is 56.7 Å². The van der Waals surface area contributed by atoms with E-state index in [-0.39, 0.29) is 35.5 Å². The molecule has 5 rings (SSSR count). The first kappa shape index (κ1) is 27.3. The number of fused-ring (bicyclic) bond motifs is 2. The summed E-state index contributed by atoms with van der Waals surface area (Å²) in [6, 6.07) is 5.77. The molecule has 2 saturated heterocycles. The second-order valence-electron chi connectivity index (χ2n) is 11.1. The molecule has 0 saturated carbocycles. The van der Waals surface area contributed by atoms with Crippen LogP contribution in [0.1, 0.15) is 33.6 Å². The van der Waals surface area contributed by atoms with Crippen LogP contribution in [0.5, 0.6) is 0 Å². The standard InChI is InChI=1S/C29H36ClN3O4S/c1-4-13-31-14-5-7-22-23(26(31)35)24-27(36)33(21(17-34)16-18(2)3)25-28(37)32(15-6-12-29(24,25)38-22)20-10-8-19(30)9-11-20/h5-12,18,21-25,34H,4,13-17H2,1-3H3/t21-,22+,23-,24+,25?,29+/m1/s1. The fourth-order valence-electron chi connectivity index (χ4n) is 6.67. The highest BCUT2D eigenvalue weighted by Crippen LogP contribution is 2.61. The van der Waals surface area contributed by atoms with Crippen molar-refractivity contribution in [2.75, 3.05) is 31.1 Å². The number of nitrogens with zero attached hydrogens (tertiary/aromatic N) is 3. The highest BCUT2D eigenvalue weighted by Gasteiger charge is 2.71. The summed E-state index contributed by atoms with van der Waals surface area (Å²) in [5.41, 5.74) is 0.698. The molecule has 0 radical (unpaired) electrons. The number of aliphatic hydroxyl groups excluding tert-OH is 1. The average Bonchev–Trinajstić information content (AvgIpc) is 3.21. The normalized spacial score (nSPS) is 31.4. The number of hydrogen-bond donors (Lipinski definition) is 1. The minimum Gasteiger partial charge on any atom is -0.394 e. The van der Waals surface area contributed by atoms with Crippen LogP contribution in [-0.2, 0) is 14.4 Å². The number of aliphatic hydroxyl groups is 1. The summed E-state index contributed by atoms with van der Waals surface area (Å²) in [4.78, 5) is 48.0. The molecule has 4 aliphatic heterocycles. The number of halogens is 1. The van der Waals surface area contributed by atoms with Crippen LogP contribution in [-0.4, -0.2) is 80.9 Å². The first-order valence-corrected chi connectivity index (χ1v) is 14.8. The maximum absolute atomic E-state index is 14.5. The number of carbonyl (C=O) groups is 3. The monoisotopic (exact) mass is 557 g/mol. The third-order valence-electron chi connectivity index (χ3n) is 8.16. The van der Waals surface area contributed by atoms with Crippen LogP contribution in [0, 0.1) is 17.8 Å². The summed E-state index contributed by atoms with van der Waals surface area (Å²) in [6.07, 6.45) is 9.46. The van der Waals surface area contributed by atoms with Crippen molar-refractivity contribution in [1.82, 2.24) is 9.80 Å². The molecule has 0 aromatic heterocycles. The van der Waals surface area contributed by atoms with Gasteiger partial charge in [0, 0.05) is 35.6 Å². The second-order valence-corrected chi connectivity index (χ2v) is 13.0.